The van der Waals surface area contributed by atoms with Crippen LogP contribution in [0, 0.1) is 0 Å². The molecule has 0 spiro atoms. The van der Waals surface area contributed by atoms with Gasteiger partial charge in [0.2, 0.25) is 0 Å². The summed E-state index contributed by atoms with van der Waals surface area (Å²) in [6, 6.07) is 14.8. The molecule has 10 heteroatoms. The predicted octanol–water partition coefficient (Wildman–Crippen LogP) is 5.60. The van der Waals surface area contributed by atoms with Gasteiger partial charge in [-0.05, 0) is 48.4 Å². The summed E-state index contributed by atoms with van der Waals surface area (Å²) in [5.41, 5.74) is -0.310. The Labute approximate surface area is 203 Å². The summed E-state index contributed by atoms with van der Waals surface area (Å²) in [5.74, 6) is -1.43. The third-order valence-electron chi connectivity index (χ3n) is 4.92. The van der Waals surface area contributed by atoms with Crippen LogP contribution in [0.5, 0.6) is 0 Å². The van der Waals surface area contributed by atoms with E-state index >= 15 is 0 Å². The number of alkyl halides is 3. The van der Waals surface area contributed by atoms with Crippen molar-refractivity contribution < 1.29 is 27.9 Å². The number of rotatable bonds is 7. The van der Waals surface area contributed by atoms with E-state index in [2.05, 4.69) is 10.6 Å². The molecule has 0 aliphatic heterocycles. The summed E-state index contributed by atoms with van der Waals surface area (Å²) < 4.78 is 39.5. The van der Waals surface area contributed by atoms with Crippen molar-refractivity contribution in [2.24, 2.45) is 0 Å². The number of carbonyl (C=O) groups excluding carboxylic acids is 2. The molecule has 0 fully saturated rings. The molecular weight excluding hydrogens is 492 g/mol. The van der Waals surface area contributed by atoms with Gasteiger partial charge in [-0.25, -0.2) is 0 Å². The van der Waals surface area contributed by atoms with Gasteiger partial charge in [0.05, 0.1) is 39.4 Å². The summed E-state index contributed by atoms with van der Waals surface area (Å²) in [7, 11) is 0. The van der Waals surface area contributed by atoms with E-state index in [1.807, 2.05) is 0 Å². The lowest BCUT2D eigenvalue weighted by Crippen LogP contribution is -2.39. The van der Waals surface area contributed by atoms with Gasteiger partial charge in [0.1, 0.15) is 0 Å². The highest BCUT2D eigenvalue weighted by molar-refractivity contribution is 6.40. The Morgan fingerprint density at radius 1 is 0.882 bits per heavy atom. The first-order valence-electron chi connectivity index (χ1n) is 10.0. The summed E-state index contributed by atoms with van der Waals surface area (Å²) in [5, 5.41) is 15.2. The molecule has 0 saturated carbocycles. The van der Waals surface area contributed by atoms with Crippen LogP contribution >= 0.6 is 23.2 Å². The minimum absolute atomic E-state index is 0.136. The van der Waals surface area contributed by atoms with Crippen LogP contribution in [0.2, 0.25) is 10.0 Å². The number of hydrogen-bond acceptors (Lipinski definition) is 3. The fraction of sp³-hybridized carbons (Fsp3) is 0.167. The fourth-order valence-corrected chi connectivity index (χ4v) is 3.84. The quantitative estimate of drug-likeness (QED) is 0.387. The monoisotopic (exact) mass is 510 g/mol. The van der Waals surface area contributed by atoms with E-state index in [1.54, 1.807) is 42.5 Å². The molecule has 178 valence electrons. The summed E-state index contributed by atoms with van der Waals surface area (Å²) in [4.78, 5) is 24.9. The Kier molecular flexibility index (Phi) is 8.19. The van der Waals surface area contributed by atoms with Crippen molar-refractivity contribution in [3.8, 4) is 0 Å². The first-order valence-corrected chi connectivity index (χ1v) is 10.8. The van der Waals surface area contributed by atoms with Crippen molar-refractivity contribution in [1.82, 2.24) is 5.32 Å². The number of halogens is 5. The van der Waals surface area contributed by atoms with Crippen molar-refractivity contribution in [3.63, 3.8) is 0 Å². The van der Waals surface area contributed by atoms with Crippen LogP contribution < -0.4 is 10.6 Å². The number of aliphatic hydroxyl groups is 1. The van der Waals surface area contributed by atoms with Crippen molar-refractivity contribution >= 4 is 40.7 Å². The van der Waals surface area contributed by atoms with E-state index in [-0.39, 0.29) is 22.0 Å². The van der Waals surface area contributed by atoms with Crippen LogP contribution in [0.1, 0.15) is 31.8 Å². The predicted molar refractivity (Wildman–Crippen MR) is 124 cm³/mol. The number of nitrogens with one attached hydrogen (secondary N) is 2. The molecule has 0 bridgehead atoms. The topological polar surface area (TPSA) is 78.4 Å². The van der Waals surface area contributed by atoms with Gasteiger partial charge >= 0.3 is 6.18 Å². The van der Waals surface area contributed by atoms with Crippen LogP contribution in [0.25, 0.3) is 0 Å². The van der Waals surface area contributed by atoms with Crippen molar-refractivity contribution in [2.45, 2.75) is 18.6 Å². The SMILES string of the molecule is O=C(N[C@H](CO)Cc1ccc(NC(=O)c2c(Cl)cccc2Cl)cc1)c1ccccc1C(F)(F)F. The molecule has 3 N–H and O–H groups in total. The number of aliphatic hydroxyl groups excluding tert-OH is 1. The Bertz CT molecular complexity index is 1160. The number of anilines is 1. The molecule has 0 aliphatic carbocycles. The van der Waals surface area contributed by atoms with E-state index in [0.29, 0.717) is 11.3 Å². The smallest absolute Gasteiger partial charge is 0.394 e. The molecule has 0 radical (unpaired) electrons. The van der Waals surface area contributed by atoms with E-state index in [9.17, 15) is 27.9 Å². The van der Waals surface area contributed by atoms with Gasteiger partial charge < -0.3 is 15.7 Å². The zero-order chi connectivity index (χ0) is 24.9. The standard InChI is InChI=1S/C24H19Cl2F3N2O3/c25-19-6-3-7-20(26)21(19)23(34)30-15-10-8-14(9-11-15)12-16(13-32)31-22(33)17-4-1-2-5-18(17)24(27,28)29/h1-11,16,32H,12-13H2,(H,30,34)(H,31,33)/t16-/m0/s1. The maximum absolute atomic E-state index is 13.2. The maximum atomic E-state index is 13.2. The molecule has 0 heterocycles. The molecule has 1 atom stereocenters. The summed E-state index contributed by atoms with van der Waals surface area (Å²) >= 11 is 12.1. The second kappa shape index (κ2) is 10.9. The van der Waals surface area contributed by atoms with Gasteiger partial charge in [-0.15, -0.1) is 0 Å². The largest absolute Gasteiger partial charge is 0.417 e. The molecule has 0 unspecified atom stereocenters. The van der Waals surface area contributed by atoms with Crippen LogP contribution in [-0.4, -0.2) is 29.6 Å². The van der Waals surface area contributed by atoms with E-state index in [1.165, 1.54) is 12.1 Å². The molecule has 3 aromatic rings. The number of benzene rings is 3. The molecule has 0 saturated heterocycles. The minimum atomic E-state index is -4.68. The van der Waals surface area contributed by atoms with Gasteiger partial charge in [0.25, 0.3) is 11.8 Å². The Hall–Kier alpha value is -3.07. The zero-order valence-electron chi connectivity index (χ0n) is 17.5. The molecule has 0 aromatic heterocycles. The van der Waals surface area contributed by atoms with Gasteiger partial charge in [0.15, 0.2) is 0 Å². The Morgan fingerprint density at radius 3 is 2.09 bits per heavy atom. The number of amides is 2. The number of carbonyl (C=O) groups is 2. The van der Waals surface area contributed by atoms with Crippen LogP contribution in [0.3, 0.4) is 0 Å². The van der Waals surface area contributed by atoms with Crippen LogP contribution in [-0.2, 0) is 12.6 Å². The first-order chi connectivity index (χ1) is 16.1. The average molecular weight is 511 g/mol. The molecule has 2 amide bonds. The second-order valence-electron chi connectivity index (χ2n) is 7.35. The molecule has 0 aliphatic rings. The van der Waals surface area contributed by atoms with Crippen molar-refractivity contribution in [3.05, 3.63) is 99.0 Å². The molecular formula is C24H19Cl2F3N2O3. The summed E-state index contributed by atoms with van der Waals surface area (Å²) in [6.45, 7) is -0.483. The summed E-state index contributed by atoms with van der Waals surface area (Å²) in [6.07, 6.45) is -4.53. The van der Waals surface area contributed by atoms with Gasteiger partial charge in [-0.3, -0.25) is 9.59 Å². The van der Waals surface area contributed by atoms with Gasteiger partial charge in [0, 0.05) is 5.69 Å². The van der Waals surface area contributed by atoms with E-state index in [4.69, 9.17) is 23.2 Å². The highest BCUT2D eigenvalue weighted by atomic mass is 35.5. The molecule has 34 heavy (non-hydrogen) atoms. The lowest BCUT2D eigenvalue weighted by atomic mass is 10.0. The lowest BCUT2D eigenvalue weighted by molar-refractivity contribution is -0.137. The van der Waals surface area contributed by atoms with Crippen LogP contribution in [0.4, 0.5) is 18.9 Å². The van der Waals surface area contributed by atoms with Gasteiger partial charge in [-0.2, -0.15) is 13.2 Å². The highest BCUT2D eigenvalue weighted by Crippen LogP contribution is 2.32. The highest BCUT2D eigenvalue weighted by Gasteiger charge is 2.35. The molecule has 3 aromatic carbocycles. The van der Waals surface area contributed by atoms with Gasteiger partial charge in [-0.1, -0.05) is 53.5 Å². The van der Waals surface area contributed by atoms with E-state index in [0.717, 1.165) is 12.1 Å². The first kappa shape index (κ1) is 25.6. The Morgan fingerprint density at radius 2 is 1.50 bits per heavy atom. The fourth-order valence-electron chi connectivity index (χ4n) is 3.27. The number of hydrogen-bond donors (Lipinski definition) is 3. The van der Waals surface area contributed by atoms with E-state index < -0.39 is 41.8 Å². The molecule has 3 rings (SSSR count). The molecule has 5 nitrogen and oxygen atoms in total. The van der Waals surface area contributed by atoms with Crippen molar-refractivity contribution in [2.75, 3.05) is 11.9 Å². The maximum Gasteiger partial charge on any atom is 0.417 e. The minimum Gasteiger partial charge on any atom is -0.394 e. The Balaban J connectivity index is 1.66. The third kappa shape index (κ3) is 6.28. The zero-order valence-corrected chi connectivity index (χ0v) is 19.0. The normalized spacial score (nSPS) is 12.2. The third-order valence-corrected chi connectivity index (χ3v) is 5.55. The van der Waals surface area contributed by atoms with Crippen LogP contribution in [0.15, 0.2) is 66.7 Å². The lowest BCUT2D eigenvalue weighted by Gasteiger charge is -2.19. The van der Waals surface area contributed by atoms with Crippen molar-refractivity contribution in [1.29, 1.82) is 0 Å². The average Bonchev–Trinajstić information content (AvgIpc) is 2.79. The second-order valence-corrected chi connectivity index (χ2v) is 8.16.